The van der Waals surface area contributed by atoms with E-state index in [1.54, 1.807) is 18.4 Å². The Morgan fingerprint density at radius 1 is 1.33 bits per heavy atom. The Hall–Kier alpha value is -2.05. The number of aromatic nitrogens is 2. The van der Waals surface area contributed by atoms with Crippen molar-refractivity contribution in [3.63, 3.8) is 0 Å². The summed E-state index contributed by atoms with van der Waals surface area (Å²) in [6.45, 7) is 5.87. The number of amides is 1. The van der Waals surface area contributed by atoms with Crippen LogP contribution in [0.2, 0.25) is 0 Å². The number of hydrogen-bond donors (Lipinski definition) is 1. The third-order valence-electron chi connectivity index (χ3n) is 3.67. The van der Waals surface area contributed by atoms with Gasteiger partial charge in [0.15, 0.2) is 5.69 Å². The lowest BCUT2D eigenvalue weighted by atomic mass is 10.3. The maximum Gasteiger partial charge on any atom is 0.360 e. The van der Waals surface area contributed by atoms with Crippen molar-refractivity contribution in [2.24, 2.45) is 0 Å². The molecule has 0 atom stereocenters. The molecule has 1 aliphatic heterocycles. The molecule has 1 fully saturated rings. The number of carbonyl (C=O) groups excluding carboxylic acids is 2. The fraction of sp³-hybridized carbons (Fsp3) is 0.643. The summed E-state index contributed by atoms with van der Waals surface area (Å²) in [5.41, 5.74) is 6.08. The summed E-state index contributed by atoms with van der Waals surface area (Å²) in [7, 11) is 0. The zero-order chi connectivity index (χ0) is 15.4. The first kappa shape index (κ1) is 15.3. The van der Waals surface area contributed by atoms with E-state index in [0.29, 0.717) is 18.8 Å². The van der Waals surface area contributed by atoms with Crippen LogP contribution < -0.4 is 5.73 Å². The molecule has 7 nitrogen and oxygen atoms in total. The van der Waals surface area contributed by atoms with Gasteiger partial charge in [-0.15, -0.1) is 0 Å². The molecule has 2 heterocycles. The number of nitrogens with zero attached hydrogens (tertiary/aromatic N) is 3. The van der Waals surface area contributed by atoms with Gasteiger partial charge in [-0.2, -0.15) is 0 Å². The number of hydrogen-bond acceptors (Lipinski definition) is 5. The second-order valence-electron chi connectivity index (χ2n) is 5.10. The Balaban J connectivity index is 2.03. The van der Waals surface area contributed by atoms with Crippen LogP contribution >= 0.6 is 0 Å². The molecule has 1 aromatic rings. The van der Waals surface area contributed by atoms with Crippen LogP contribution in [0.4, 0.5) is 5.82 Å². The van der Waals surface area contributed by atoms with Gasteiger partial charge >= 0.3 is 5.97 Å². The zero-order valence-corrected chi connectivity index (χ0v) is 12.6. The first-order chi connectivity index (χ1) is 10.0. The van der Waals surface area contributed by atoms with Gasteiger partial charge < -0.3 is 19.9 Å². The molecule has 0 saturated carbocycles. The Morgan fingerprint density at radius 2 is 2.00 bits per heavy atom. The van der Waals surface area contributed by atoms with Crippen LogP contribution in [0.5, 0.6) is 0 Å². The predicted octanol–water partition coefficient (Wildman–Crippen LogP) is 0.963. The normalized spacial score (nSPS) is 14.5. The van der Waals surface area contributed by atoms with Gasteiger partial charge in [-0.05, 0) is 26.7 Å². The van der Waals surface area contributed by atoms with Crippen LogP contribution in [0.15, 0.2) is 0 Å². The molecule has 116 valence electrons. The maximum absolute atomic E-state index is 12.0. The molecule has 0 spiro atoms. The summed E-state index contributed by atoms with van der Waals surface area (Å²) >= 11 is 0. The Morgan fingerprint density at radius 3 is 2.62 bits per heavy atom. The van der Waals surface area contributed by atoms with Crippen molar-refractivity contribution < 1.29 is 14.3 Å². The van der Waals surface area contributed by atoms with Crippen LogP contribution in [0.3, 0.4) is 0 Å². The molecule has 1 aromatic heterocycles. The number of anilines is 1. The highest BCUT2D eigenvalue weighted by Gasteiger charge is 2.22. The minimum atomic E-state index is -0.525. The lowest BCUT2D eigenvalue weighted by Gasteiger charge is -2.15. The molecule has 0 bridgehead atoms. The standard InChI is InChI=1S/C14H22N4O3/c1-3-21-14(20)12-13(15)18(10(2)16-12)9-6-11(19)17-7-4-5-8-17/h3-9,15H2,1-2H3. The average Bonchev–Trinajstić information content (AvgIpc) is 3.06. The van der Waals surface area contributed by atoms with Crippen molar-refractivity contribution in [2.45, 2.75) is 39.7 Å². The van der Waals surface area contributed by atoms with Crippen LogP contribution in [0.1, 0.15) is 42.5 Å². The molecule has 0 aliphatic carbocycles. The summed E-state index contributed by atoms with van der Waals surface area (Å²) in [6.07, 6.45) is 2.51. The second-order valence-corrected chi connectivity index (χ2v) is 5.10. The van der Waals surface area contributed by atoms with Crippen LogP contribution in [-0.2, 0) is 16.1 Å². The number of carbonyl (C=O) groups is 2. The SMILES string of the molecule is CCOC(=O)c1nc(C)n(CCC(=O)N2CCCC2)c1N. The number of ether oxygens (including phenoxy) is 1. The van der Waals surface area contributed by atoms with Crippen molar-refractivity contribution in [1.29, 1.82) is 0 Å². The molecule has 1 amide bonds. The number of aryl methyl sites for hydroxylation is 1. The number of nitrogen functional groups attached to an aromatic ring is 1. The zero-order valence-electron chi connectivity index (χ0n) is 12.6. The summed E-state index contributed by atoms with van der Waals surface area (Å²) in [4.78, 5) is 29.8. The van der Waals surface area contributed by atoms with Crippen molar-refractivity contribution in [3.8, 4) is 0 Å². The van der Waals surface area contributed by atoms with E-state index in [4.69, 9.17) is 10.5 Å². The van der Waals surface area contributed by atoms with E-state index < -0.39 is 5.97 Å². The fourth-order valence-electron chi connectivity index (χ4n) is 2.55. The summed E-state index contributed by atoms with van der Waals surface area (Å²) in [6, 6.07) is 0. The largest absolute Gasteiger partial charge is 0.461 e. The van der Waals surface area contributed by atoms with Gasteiger partial charge in [-0.1, -0.05) is 0 Å². The van der Waals surface area contributed by atoms with E-state index in [2.05, 4.69) is 4.98 Å². The first-order valence-electron chi connectivity index (χ1n) is 7.32. The molecular weight excluding hydrogens is 272 g/mol. The van der Waals surface area contributed by atoms with Gasteiger partial charge in [0.2, 0.25) is 5.91 Å². The number of rotatable bonds is 5. The lowest BCUT2D eigenvalue weighted by molar-refractivity contribution is -0.130. The number of likely N-dealkylation sites (tertiary alicyclic amines) is 1. The third-order valence-corrected chi connectivity index (χ3v) is 3.67. The second kappa shape index (κ2) is 6.60. The molecule has 0 radical (unpaired) electrons. The van der Waals surface area contributed by atoms with Crippen LogP contribution in [0.25, 0.3) is 0 Å². The van der Waals surface area contributed by atoms with Gasteiger partial charge in [0.1, 0.15) is 11.6 Å². The van der Waals surface area contributed by atoms with Crippen molar-refractivity contribution in [2.75, 3.05) is 25.4 Å². The van der Waals surface area contributed by atoms with Crippen molar-refractivity contribution >= 4 is 17.7 Å². The van der Waals surface area contributed by atoms with Crippen molar-refractivity contribution in [1.82, 2.24) is 14.5 Å². The number of nitrogens with two attached hydrogens (primary N) is 1. The lowest BCUT2D eigenvalue weighted by Crippen LogP contribution is -2.28. The topological polar surface area (TPSA) is 90.4 Å². The van der Waals surface area contributed by atoms with E-state index in [9.17, 15) is 9.59 Å². The average molecular weight is 294 g/mol. The first-order valence-corrected chi connectivity index (χ1v) is 7.32. The summed E-state index contributed by atoms with van der Waals surface area (Å²) in [5, 5.41) is 0. The molecule has 1 aliphatic rings. The van der Waals surface area contributed by atoms with Gasteiger partial charge in [0, 0.05) is 26.1 Å². The molecular formula is C14H22N4O3. The quantitative estimate of drug-likeness (QED) is 0.817. The molecule has 2 N–H and O–H groups in total. The van der Waals surface area contributed by atoms with E-state index in [-0.39, 0.29) is 24.0 Å². The number of esters is 1. The minimum Gasteiger partial charge on any atom is -0.461 e. The van der Waals surface area contributed by atoms with Gasteiger partial charge in [0.05, 0.1) is 6.61 Å². The van der Waals surface area contributed by atoms with Crippen LogP contribution in [-0.4, -0.2) is 46.0 Å². The molecule has 2 rings (SSSR count). The molecule has 1 saturated heterocycles. The monoisotopic (exact) mass is 294 g/mol. The fourth-order valence-corrected chi connectivity index (χ4v) is 2.55. The van der Waals surface area contributed by atoms with Crippen LogP contribution in [0, 0.1) is 6.92 Å². The predicted molar refractivity (Wildman–Crippen MR) is 77.8 cm³/mol. The van der Waals surface area contributed by atoms with Gasteiger partial charge in [-0.25, -0.2) is 9.78 Å². The molecule has 0 aromatic carbocycles. The van der Waals surface area contributed by atoms with Crippen molar-refractivity contribution in [3.05, 3.63) is 11.5 Å². The molecule has 21 heavy (non-hydrogen) atoms. The van der Waals surface area contributed by atoms with Gasteiger partial charge in [0.25, 0.3) is 0 Å². The molecule has 0 unspecified atom stereocenters. The Labute approximate surface area is 124 Å². The van der Waals surface area contributed by atoms with Gasteiger partial charge in [-0.3, -0.25) is 4.79 Å². The highest BCUT2D eigenvalue weighted by molar-refractivity contribution is 5.92. The Kier molecular flexibility index (Phi) is 4.82. The van der Waals surface area contributed by atoms with E-state index in [1.165, 1.54) is 0 Å². The van der Waals surface area contributed by atoms with E-state index in [1.807, 2.05) is 4.90 Å². The smallest absolute Gasteiger partial charge is 0.360 e. The highest BCUT2D eigenvalue weighted by Crippen LogP contribution is 2.17. The Bertz CT molecular complexity index is 533. The summed E-state index contributed by atoms with van der Waals surface area (Å²) in [5.74, 6) is 0.477. The summed E-state index contributed by atoms with van der Waals surface area (Å²) < 4.78 is 6.61. The number of imidazole rings is 1. The third kappa shape index (κ3) is 3.34. The minimum absolute atomic E-state index is 0.123. The van der Waals surface area contributed by atoms with E-state index >= 15 is 0 Å². The van der Waals surface area contributed by atoms with E-state index in [0.717, 1.165) is 25.9 Å². The maximum atomic E-state index is 12.0. The highest BCUT2D eigenvalue weighted by atomic mass is 16.5. The molecule has 7 heteroatoms.